The molecule has 0 aliphatic carbocycles. The first-order chi connectivity index (χ1) is 20.8. The van der Waals surface area contributed by atoms with Crippen LogP contribution in [0.3, 0.4) is 0 Å². The van der Waals surface area contributed by atoms with Crippen molar-refractivity contribution in [3.8, 4) is 23.0 Å². The van der Waals surface area contributed by atoms with Gasteiger partial charge in [-0.05, 0) is 69.2 Å². The van der Waals surface area contributed by atoms with Gasteiger partial charge in [-0.25, -0.2) is 14.6 Å². The monoisotopic (exact) mass is 610 g/mol. The average molecular weight is 611 g/mol. The maximum Gasteiger partial charge on any atom is 0.343 e. The lowest BCUT2D eigenvalue weighted by Gasteiger charge is -2.25. The smallest absolute Gasteiger partial charge is 0.343 e. The number of methoxy groups -OCH3 is 2. The molecule has 0 fully saturated rings. The first kappa shape index (κ1) is 31.4. The van der Waals surface area contributed by atoms with Crippen molar-refractivity contribution >= 4 is 29.4 Å². The van der Waals surface area contributed by atoms with Crippen molar-refractivity contribution in [3.63, 3.8) is 0 Å². The fraction of sp³-hybridized carbons (Fsp3) is 0.355. The predicted octanol–water partition coefficient (Wildman–Crippen LogP) is 3.16. The van der Waals surface area contributed by atoms with E-state index in [0.29, 0.717) is 56.8 Å². The summed E-state index contributed by atoms with van der Waals surface area (Å²) in [6, 6.07) is 9.58. The minimum absolute atomic E-state index is 0.150. The van der Waals surface area contributed by atoms with Crippen LogP contribution in [0.5, 0.6) is 23.0 Å². The van der Waals surface area contributed by atoms with Crippen molar-refractivity contribution in [1.29, 1.82) is 0 Å². The maximum absolute atomic E-state index is 14.0. The molecule has 0 amide bonds. The van der Waals surface area contributed by atoms with E-state index < -0.39 is 18.0 Å². The number of aromatic nitrogens is 1. The minimum atomic E-state index is -0.860. The normalized spacial score (nSPS) is 14.5. The Morgan fingerprint density at radius 1 is 0.930 bits per heavy atom. The van der Waals surface area contributed by atoms with Crippen LogP contribution in [0.4, 0.5) is 0 Å². The summed E-state index contributed by atoms with van der Waals surface area (Å²) in [6.45, 7) is 7.76. The Hall–Kier alpha value is -4.58. The number of hydrogen-bond acceptors (Lipinski definition) is 11. The molecule has 1 aromatic heterocycles. The third kappa shape index (κ3) is 6.75. The molecule has 0 radical (unpaired) electrons. The molecule has 0 N–H and O–H groups in total. The van der Waals surface area contributed by atoms with Gasteiger partial charge in [0.25, 0.3) is 5.56 Å². The molecule has 0 saturated heterocycles. The molecule has 0 spiro atoms. The van der Waals surface area contributed by atoms with Crippen LogP contribution in [-0.4, -0.2) is 57.2 Å². The molecule has 1 aliphatic rings. The van der Waals surface area contributed by atoms with Crippen molar-refractivity contribution < 1.29 is 38.0 Å². The van der Waals surface area contributed by atoms with Gasteiger partial charge < -0.3 is 28.4 Å². The van der Waals surface area contributed by atoms with Crippen LogP contribution in [0.2, 0.25) is 0 Å². The second-order valence-corrected chi connectivity index (χ2v) is 10.2. The fourth-order valence-electron chi connectivity index (χ4n) is 4.58. The van der Waals surface area contributed by atoms with E-state index in [9.17, 15) is 14.4 Å². The van der Waals surface area contributed by atoms with Gasteiger partial charge in [0.15, 0.2) is 34.4 Å². The molecule has 4 rings (SSSR count). The number of benzene rings is 2. The molecule has 2 heterocycles. The highest BCUT2D eigenvalue weighted by atomic mass is 32.1. The van der Waals surface area contributed by atoms with Crippen LogP contribution in [0.1, 0.15) is 44.9 Å². The Bertz CT molecular complexity index is 1720. The standard InChI is InChI=1S/C31H34N2O9S/c1-7-39-21-12-10-19(14-23(21)37-5)15-25-29(35)33-28(27(30(36)41-9-3)18(4)32-31(33)43-25)20-11-13-22(24(16-20)40-8-2)42-17-26(34)38-6/h10-16,28H,7-9,17H2,1-6H3/b25-15-/t28-/m0/s1. The summed E-state index contributed by atoms with van der Waals surface area (Å²) in [5.41, 5.74) is 1.63. The molecule has 43 heavy (non-hydrogen) atoms. The van der Waals surface area contributed by atoms with Gasteiger partial charge in [0.1, 0.15) is 0 Å². The van der Waals surface area contributed by atoms with Crippen LogP contribution in [0.25, 0.3) is 6.08 Å². The number of carbonyl (C=O) groups is 2. The van der Waals surface area contributed by atoms with Gasteiger partial charge in [0.05, 0.1) is 55.9 Å². The Morgan fingerprint density at radius 2 is 1.63 bits per heavy atom. The van der Waals surface area contributed by atoms with Gasteiger partial charge in [0.2, 0.25) is 0 Å². The van der Waals surface area contributed by atoms with Crippen LogP contribution < -0.4 is 33.8 Å². The number of carbonyl (C=O) groups excluding carboxylic acids is 2. The zero-order valence-corrected chi connectivity index (χ0v) is 25.7. The van der Waals surface area contributed by atoms with E-state index in [0.717, 1.165) is 5.56 Å². The highest BCUT2D eigenvalue weighted by Crippen LogP contribution is 2.36. The van der Waals surface area contributed by atoms with Gasteiger partial charge in [0, 0.05) is 0 Å². The van der Waals surface area contributed by atoms with Crippen LogP contribution in [-0.2, 0) is 19.1 Å². The zero-order chi connectivity index (χ0) is 31.1. The van der Waals surface area contributed by atoms with E-state index in [4.69, 9.17) is 23.7 Å². The fourth-order valence-corrected chi connectivity index (χ4v) is 5.63. The molecule has 12 heteroatoms. The van der Waals surface area contributed by atoms with Crippen LogP contribution in [0.15, 0.2) is 57.5 Å². The Kier molecular flexibility index (Phi) is 10.3. The van der Waals surface area contributed by atoms with Gasteiger partial charge in [-0.2, -0.15) is 0 Å². The third-order valence-electron chi connectivity index (χ3n) is 6.46. The summed E-state index contributed by atoms with van der Waals surface area (Å²) in [4.78, 5) is 44.0. The average Bonchev–Trinajstić information content (AvgIpc) is 3.30. The van der Waals surface area contributed by atoms with E-state index in [-0.39, 0.29) is 24.3 Å². The van der Waals surface area contributed by atoms with Crippen molar-refractivity contribution in [3.05, 3.63) is 78.5 Å². The molecule has 1 atom stereocenters. The first-order valence-corrected chi connectivity index (χ1v) is 14.5. The van der Waals surface area contributed by atoms with Crippen LogP contribution in [0, 0.1) is 0 Å². The lowest BCUT2D eigenvalue weighted by molar-refractivity contribution is -0.143. The Morgan fingerprint density at radius 3 is 2.30 bits per heavy atom. The lowest BCUT2D eigenvalue weighted by atomic mass is 9.95. The van der Waals surface area contributed by atoms with Crippen LogP contribution >= 0.6 is 11.3 Å². The molecule has 0 saturated carbocycles. The number of fused-ring (bicyclic) bond motifs is 1. The molecule has 1 aliphatic heterocycles. The molecule has 0 unspecified atom stereocenters. The SMILES string of the molecule is CCOC(=O)C1=C(C)N=c2s/c(=C\c3ccc(OCC)c(OC)c3)c(=O)n2[C@H]1c1ccc(OCC(=O)OC)c(OCC)c1. The van der Waals surface area contributed by atoms with Gasteiger partial charge in [-0.15, -0.1) is 0 Å². The predicted molar refractivity (Wildman–Crippen MR) is 160 cm³/mol. The summed E-state index contributed by atoms with van der Waals surface area (Å²) < 4.78 is 34.5. The number of hydrogen-bond donors (Lipinski definition) is 0. The molecular weight excluding hydrogens is 576 g/mol. The molecule has 0 bridgehead atoms. The Labute approximate surface area is 252 Å². The Balaban J connectivity index is 1.88. The summed E-state index contributed by atoms with van der Waals surface area (Å²) in [5.74, 6) is 0.661. The second-order valence-electron chi connectivity index (χ2n) is 9.15. The zero-order valence-electron chi connectivity index (χ0n) is 24.9. The highest BCUT2D eigenvalue weighted by Gasteiger charge is 2.34. The molecular formula is C31H34N2O9S. The van der Waals surface area contributed by atoms with Crippen molar-refractivity contribution in [1.82, 2.24) is 4.57 Å². The second kappa shape index (κ2) is 14.1. The molecule has 2 aromatic carbocycles. The number of thiazole rings is 1. The first-order valence-electron chi connectivity index (χ1n) is 13.7. The van der Waals surface area contributed by atoms with E-state index in [1.165, 1.54) is 23.0 Å². The number of allylic oxidation sites excluding steroid dienone is 1. The van der Waals surface area contributed by atoms with Crippen molar-refractivity contribution in [2.24, 2.45) is 4.99 Å². The number of ether oxygens (including phenoxy) is 6. The van der Waals surface area contributed by atoms with E-state index in [1.54, 1.807) is 57.4 Å². The lowest BCUT2D eigenvalue weighted by Crippen LogP contribution is -2.40. The quantitative estimate of drug-likeness (QED) is 0.285. The summed E-state index contributed by atoms with van der Waals surface area (Å²) in [6.07, 6.45) is 1.75. The number of rotatable bonds is 12. The van der Waals surface area contributed by atoms with Gasteiger partial charge in [-0.1, -0.05) is 23.5 Å². The largest absolute Gasteiger partial charge is 0.493 e. The molecule has 228 valence electrons. The van der Waals surface area contributed by atoms with E-state index in [1.807, 2.05) is 19.9 Å². The highest BCUT2D eigenvalue weighted by molar-refractivity contribution is 7.07. The summed E-state index contributed by atoms with van der Waals surface area (Å²) >= 11 is 1.21. The van der Waals surface area contributed by atoms with Crippen molar-refractivity contribution in [2.75, 3.05) is 40.6 Å². The molecule has 11 nitrogen and oxygen atoms in total. The van der Waals surface area contributed by atoms with E-state index in [2.05, 4.69) is 9.73 Å². The van der Waals surface area contributed by atoms with Gasteiger partial charge in [-0.3, -0.25) is 9.36 Å². The maximum atomic E-state index is 14.0. The third-order valence-corrected chi connectivity index (χ3v) is 7.44. The summed E-state index contributed by atoms with van der Waals surface area (Å²) in [7, 11) is 2.82. The molecule has 3 aromatic rings. The van der Waals surface area contributed by atoms with Crippen molar-refractivity contribution in [2.45, 2.75) is 33.7 Å². The number of esters is 2. The van der Waals surface area contributed by atoms with Gasteiger partial charge >= 0.3 is 11.9 Å². The minimum Gasteiger partial charge on any atom is -0.493 e. The summed E-state index contributed by atoms with van der Waals surface area (Å²) in [5, 5.41) is 0. The van der Waals surface area contributed by atoms with E-state index >= 15 is 0 Å². The number of nitrogens with zero attached hydrogens (tertiary/aromatic N) is 2. The topological polar surface area (TPSA) is 124 Å².